The molecule has 1 fully saturated rings. The Bertz CT molecular complexity index is 1050. The van der Waals surface area contributed by atoms with Crippen molar-refractivity contribution in [1.82, 2.24) is 9.29 Å². The fourth-order valence-electron chi connectivity index (χ4n) is 2.68. The molecule has 3 rings (SSSR count). The second-order valence-electron chi connectivity index (χ2n) is 6.34. The lowest BCUT2D eigenvalue weighted by atomic mass is 10.3. The fourth-order valence-corrected chi connectivity index (χ4v) is 5.02. The van der Waals surface area contributed by atoms with Gasteiger partial charge in [-0.05, 0) is 18.2 Å². The Kier molecular flexibility index (Phi) is 7.97. The second-order valence-corrected chi connectivity index (χ2v) is 9.63. The number of hydrogen-bond donors (Lipinski definition) is 1. The minimum atomic E-state index is -3.76. The third-order valence-corrected chi connectivity index (χ3v) is 7.23. The first-order valence-corrected chi connectivity index (χ1v) is 11.8. The van der Waals surface area contributed by atoms with Gasteiger partial charge in [-0.25, -0.2) is 18.2 Å². The molecule has 0 saturated carbocycles. The van der Waals surface area contributed by atoms with E-state index in [2.05, 4.69) is 10.3 Å². The molecule has 0 unspecified atom stereocenters. The van der Waals surface area contributed by atoms with Crippen LogP contribution in [-0.4, -0.2) is 69.6 Å². The maximum atomic E-state index is 12.8. The van der Waals surface area contributed by atoms with E-state index in [1.807, 2.05) is 0 Å². The molecule has 0 atom stereocenters. The lowest BCUT2D eigenvalue weighted by Crippen LogP contribution is -2.40. The number of halogens is 1. The van der Waals surface area contributed by atoms with Crippen LogP contribution in [0.2, 0.25) is 5.02 Å². The molecule has 1 aromatic heterocycles. The summed E-state index contributed by atoms with van der Waals surface area (Å²) < 4.78 is 42.0. The van der Waals surface area contributed by atoms with Gasteiger partial charge in [0.15, 0.2) is 12.3 Å². The number of ether oxygens (including phenoxy) is 3. The van der Waals surface area contributed by atoms with Gasteiger partial charge in [-0.1, -0.05) is 11.6 Å². The summed E-state index contributed by atoms with van der Waals surface area (Å²) in [5.74, 6) is -1.44. The zero-order valence-electron chi connectivity index (χ0n) is 16.5. The summed E-state index contributed by atoms with van der Waals surface area (Å²) in [6.45, 7) is 0.783. The highest BCUT2D eigenvalue weighted by Gasteiger charge is 2.27. The smallest absolute Gasteiger partial charge is 0.358 e. The number of sulfonamides is 1. The zero-order chi connectivity index (χ0) is 22.4. The number of carbonyl (C=O) groups is 2. The summed E-state index contributed by atoms with van der Waals surface area (Å²) in [4.78, 5) is 28.3. The zero-order valence-corrected chi connectivity index (χ0v) is 18.9. The van der Waals surface area contributed by atoms with Gasteiger partial charge in [-0.2, -0.15) is 4.31 Å². The highest BCUT2D eigenvalue weighted by Crippen LogP contribution is 2.27. The first-order valence-electron chi connectivity index (χ1n) is 9.09. The van der Waals surface area contributed by atoms with E-state index < -0.39 is 28.5 Å². The number of aromatic nitrogens is 1. The summed E-state index contributed by atoms with van der Waals surface area (Å²) in [6.07, 6.45) is 0. The predicted octanol–water partition coefficient (Wildman–Crippen LogP) is 1.76. The maximum Gasteiger partial charge on any atom is 0.358 e. The molecule has 1 N–H and O–H groups in total. The number of morpholine rings is 1. The summed E-state index contributed by atoms with van der Waals surface area (Å²) in [5, 5.41) is 4.71. The van der Waals surface area contributed by atoms with E-state index in [0.717, 1.165) is 0 Å². The van der Waals surface area contributed by atoms with Crippen LogP contribution in [0, 0.1) is 0 Å². The van der Waals surface area contributed by atoms with Gasteiger partial charge in [0.1, 0.15) is 5.01 Å². The molecule has 0 spiro atoms. The SMILES string of the molecule is COCc1nc(C(=O)OCC(=O)Nc2cc(S(=O)(=O)N3CCOCC3)ccc2Cl)cs1. The molecule has 1 amide bonds. The van der Waals surface area contributed by atoms with Crippen molar-refractivity contribution in [3.8, 4) is 0 Å². The van der Waals surface area contributed by atoms with Crippen molar-refractivity contribution < 1.29 is 32.2 Å². The summed E-state index contributed by atoms with van der Waals surface area (Å²) in [6, 6.07) is 4.01. The largest absolute Gasteiger partial charge is 0.451 e. The standard InChI is InChI=1S/C18H20ClN3O7S2/c1-27-10-17-21-15(11-30-17)18(24)29-9-16(23)20-14-8-12(2-3-13(14)19)31(25,26)22-4-6-28-7-5-22/h2-3,8,11H,4-7,9-10H2,1H3,(H,20,23). The molecular formula is C18H20ClN3O7S2. The lowest BCUT2D eigenvalue weighted by Gasteiger charge is -2.26. The Morgan fingerprint density at radius 3 is 2.77 bits per heavy atom. The van der Waals surface area contributed by atoms with E-state index in [1.165, 1.54) is 46.3 Å². The van der Waals surface area contributed by atoms with Crippen LogP contribution in [0.1, 0.15) is 15.5 Å². The molecule has 1 saturated heterocycles. The predicted molar refractivity (Wildman–Crippen MR) is 113 cm³/mol. The molecule has 31 heavy (non-hydrogen) atoms. The quantitative estimate of drug-likeness (QED) is 0.556. The lowest BCUT2D eigenvalue weighted by molar-refractivity contribution is -0.119. The van der Waals surface area contributed by atoms with E-state index in [-0.39, 0.29) is 41.0 Å². The van der Waals surface area contributed by atoms with E-state index in [0.29, 0.717) is 18.2 Å². The number of benzene rings is 1. The van der Waals surface area contributed by atoms with E-state index in [9.17, 15) is 18.0 Å². The van der Waals surface area contributed by atoms with Gasteiger partial charge < -0.3 is 19.5 Å². The number of nitrogens with one attached hydrogen (secondary N) is 1. The molecule has 168 valence electrons. The Morgan fingerprint density at radius 2 is 2.06 bits per heavy atom. The molecular weight excluding hydrogens is 470 g/mol. The monoisotopic (exact) mass is 489 g/mol. The molecule has 10 nitrogen and oxygen atoms in total. The van der Waals surface area contributed by atoms with Crippen molar-refractivity contribution in [2.24, 2.45) is 0 Å². The third-order valence-electron chi connectivity index (χ3n) is 4.18. The van der Waals surface area contributed by atoms with Gasteiger partial charge >= 0.3 is 5.97 Å². The van der Waals surface area contributed by atoms with E-state index in [4.69, 9.17) is 25.8 Å². The van der Waals surface area contributed by atoms with Crippen LogP contribution in [-0.2, 0) is 35.6 Å². The van der Waals surface area contributed by atoms with Crippen molar-refractivity contribution in [2.45, 2.75) is 11.5 Å². The van der Waals surface area contributed by atoms with Crippen LogP contribution in [0.3, 0.4) is 0 Å². The molecule has 1 aliphatic rings. The highest BCUT2D eigenvalue weighted by atomic mass is 35.5. The van der Waals surface area contributed by atoms with Gasteiger partial charge in [0, 0.05) is 25.6 Å². The molecule has 1 aliphatic heterocycles. The van der Waals surface area contributed by atoms with Gasteiger partial charge in [-0.15, -0.1) is 11.3 Å². The van der Waals surface area contributed by atoms with Crippen molar-refractivity contribution in [3.63, 3.8) is 0 Å². The van der Waals surface area contributed by atoms with E-state index in [1.54, 1.807) is 0 Å². The van der Waals surface area contributed by atoms with Crippen LogP contribution in [0.5, 0.6) is 0 Å². The average Bonchev–Trinajstić information content (AvgIpc) is 3.23. The Hall–Kier alpha value is -2.09. The number of thiazole rings is 1. The van der Waals surface area contributed by atoms with Crippen molar-refractivity contribution in [1.29, 1.82) is 0 Å². The summed E-state index contributed by atoms with van der Waals surface area (Å²) >= 11 is 7.33. The fraction of sp³-hybridized carbons (Fsp3) is 0.389. The molecule has 0 aliphatic carbocycles. The number of carbonyl (C=O) groups excluding carboxylic acids is 2. The maximum absolute atomic E-state index is 12.8. The van der Waals surface area contributed by atoms with E-state index >= 15 is 0 Å². The van der Waals surface area contributed by atoms with Crippen LogP contribution >= 0.6 is 22.9 Å². The molecule has 0 radical (unpaired) electrons. The molecule has 13 heteroatoms. The van der Waals surface area contributed by atoms with Crippen LogP contribution in [0.4, 0.5) is 5.69 Å². The first-order chi connectivity index (χ1) is 14.8. The normalized spacial score (nSPS) is 14.9. The summed E-state index contributed by atoms with van der Waals surface area (Å²) in [5.41, 5.74) is 0.162. The van der Waals surface area contributed by atoms with Crippen molar-refractivity contribution >= 4 is 50.5 Å². The van der Waals surface area contributed by atoms with Gasteiger partial charge in [0.2, 0.25) is 10.0 Å². The van der Waals surface area contributed by atoms with Crippen LogP contribution in [0.25, 0.3) is 0 Å². The Morgan fingerprint density at radius 1 is 1.32 bits per heavy atom. The third kappa shape index (κ3) is 5.99. The number of methoxy groups -OCH3 is 1. The van der Waals surface area contributed by atoms with Gasteiger partial charge in [0.25, 0.3) is 5.91 Å². The average molecular weight is 490 g/mol. The van der Waals surface area contributed by atoms with Crippen molar-refractivity contribution in [3.05, 3.63) is 39.3 Å². The van der Waals surface area contributed by atoms with Crippen LogP contribution in [0.15, 0.2) is 28.5 Å². The Labute approximate surface area is 188 Å². The first kappa shape index (κ1) is 23.6. The minimum Gasteiger partial charge on any atom is -0.451 e. The number of nitrogens with zero attached hydrogens (tertiary/aromatic N) is 2. The van der Waals surface area contributed by atoms with Crippen LogP contribution < -0.4 is 5.32 Å². The van der Waals surface area contributed by atoms with Crippen molar-refractivity contribution in [2.75, 3.05) is 45.3 Å². The number of rotatable bonds is 8. The number of hydrogen-bond acceptors (Lipinski definition) is 9. The number of anilines is 1. The molecule has 2 aromatic rings. The molecule has 0 bridgehead atoms. The molecule has 1 aromatic carbocycles. The second kappa shape index (κ2) is 10.5. The highest BCUT2D eigenvalue weighted by molar-refractivity contribution is 7.89. The minimum absolute atomic E-state index is 0.0146. The topological polar surface area (TPSA) is 124 Å². The Balaban J connectivity index is 1.62. The van der Waals surface area contributed by atoms with Gasteiger partial charge in [-0.3, -0.25) is 4.79 Å². The van der Waals surface area contributed by atoms with Gasteiger partial charge in [0.05, 0.1) is 35.4 Å². The molecule has 2 heterocycles. The summed E-state index contributed by atoms with van der Waals surface area (Å²) in [7, 11) is -2.25. The number of amides is 1. The number of esters is 1.